The van der Waals surface area contributed by atoms with E-state index in [1.165, 1.54) is 12.1 Å². The third-order valence-electron chi connectivity index (χ3n) is 5.43. The van der Waals surface area contributed by atoms with Gasteiger partial charge in [0.05, 0.1) is 18.2 Å². The van der Waals surface area contributed by atoms with Gasteiger partial charge in [-0.15, -0.1) is 0 Å². The van der Waals surface area contributed by atoms with Gasteiger partial charge in [-0.1, -0.05) is 6.07 Å². The molecule has 1 aliphatic heterocycles. The smallest absolute Gasteiger partial charge is 0.226 e. The zero-order valence-electron chi connectivity index (χ0n) is 16.2. The highest BCUT2D eigenvalue weighted by Crippen LogP contribution is 2.35. The fourth-order valence-electron chi connectivity index (χ4n) is 3.96. The van der Waals surface area contributed by atoms with Crippen molar-refractivity contribution in [2.75, 3.05) is 27.2 Å². The van der Waals surface area contributed by atoms with Crippen molar-refractivity contribution < 1.29 is 4.79 Å². The molecule has 0 saturated carbocycles. The summed E-state index contributed by atoms with van der Waals surface area (Å²) >= 11 is 0. The van der Waals surface area contributed by atoms with Crippen LogP contribution in [0.5, 0.6) is 0 Å². The van der Waals surface area contributed by atoms with Crippen molar-refractivity contribution in [1.29, 1.82) is 0 Å². The summed E-state index contributed by atoms with van der Waals surface area (Å²) in [6, 6.07) is 6.34. The van der Waals surface area contributed by atoms with E-state index in [9.17, 15) is 4.79 Å². The summed E-state index contributed by atoms with van der Waals surface area (Å²) in [4.78, 5) is 21.2. The Balaban J connectivity index is 1.68. The first kappa shape index (κ1) is 18.6. The van der Waals surface area contributed by atoms with E-state index in [0.29, 0.717) is 18.4 Å². The summed E-state index contributed by atoms with van der Waals surface area (Å²) in [7, 11) is 6.08. The molecule has 2 aromatic heterocycles. The minimum absolute atomic E-state index is 0.146. The van der Waals surface area contributed by atoms with Crippen LogP contribution in [0.3, 0.4) is 0 Å². The van der Waals surface area contributed by atoms with Crippen molar-refractivity contribution in [3.05, 3.63) is 47.5 Å². The number of amides is 1. The van der Waals surface area contributed by atoms with Crippen LogP contribution in [0.15, 0.2) is 30.6 Å². The Morgan fingerprint density at radius 3 is 2.77 bits per heavy atom. The highest BCUT2D eigenvalue weighted by molar-refractivity contribution is 5.78. The summed E-state index contributed by atoms with van der Waals surface area (Å²) in [5.41, 5.74) is 3.16. The zero-order valence-corrected chi connectivity index (χ0v) is 16.2. The van der Waals surface area contributed by atoms with Gasteiger partial charge in [-0.2, -0.15) is 5.10 Å². The number of rotatable bonds is 5. The molecular weight excluding hydrogens is 326 g/mol. The molecule has 3 rings (SSSR count). The number of aromatic nitrogens is 3. The molecule has 140 valence electrons. The maximum atomic E-state index is 12.7. The first-order valence-electron chi connectivity index (χ1n) is 9.29. The predicted molar refractivity (Wildman–Crippen MR) is 102 cm³/mol. The number of aryl methyl sites for hydroxylation is 2. The average molecular weight is 355 g/mol. The van der Waals surface area contributed by atoms with Crippen molar-refractivity contribution in [3.63, 3.8) is 0 Å². The van der Waals surface area contributed by atoms with E-state index in [-0.39, 0.29) is 5.91 Å². The Morgan fingerprint density at radius 2 is 2.12 bits per heavy atom. The second-order valence-electron chi connectivity index (χ2n) is 7.47. The van der Waals surface area contributed by atoms with Crippen LogP contribution in [0.4, 0.5) is 0 Å². The fraction of sp³-hybridized carbons (Fsp3) is 0.550. The first-order chi connectivity index (χ1) is 12.5. The van der Waals surface area contributed by atoms with Crippen LogP contribution < -0.4 is 0 Å². The Hall–Kier alpha value is -2.21. The SMILES string of the molecule is Cc1ccc(CC(=O)N(C)C[C@@H]2CCCN(C)[C@H]2c2ccnn2C)cn1. The molecule has 0 aliphatic carbocycles. The summed E-state index contributed by atoms with van der Waals surface area (Å²) in [5, 5.41) is 4.34. The highest BCUT2D eigenvalue weighted by atomic mass is 16.2. The van der Waals surface area contributed by atoms with Crippen LogP contribution in [-0.4, -0.2) is 57.7 Å². The van der Waals surface area contributed by atoms with E-state index < -0.39 is 0 Å². The number of hydrogen-bond acceptors (Lipinski definition) is 4. The molecule has 1 amide bonds. The first-order valence-corrected chi connectivity index (χ1v) is 9.29. The number of likely N-dealkylation sites (N-methyl/N-ethyl adjacent to an activating group) is 1. The molecule has 3 heterocycles. The lowest BCUT2D eigenvalue weighted by Gasteiger charge is -2.40. The molecule has 0 bridgehead atoms. The minimum atomic E-state index is 0.146. The largest absolute Gasteiger partial charge is 0.345 e. The fourth-order valence-corrected chi connectivity index (χ4v) is 3.96. The average Bonchev–Trinajstić information content (AvgIpc) is 3.02. The minimum Gasteiger partial charge on any atom is -0.345 e. The zero-order chi connectivity index (χ0) is 18.7. The van der Waals surface area contributed by atoms with Gasteiger partial charge in [0.25, 0.3) is 0 Å². The second kappa shape index (κ2) is 7.99. The van der Waals surface area contributed by atoms with Crippen molar-refractivity contribution >= 4 is 5.91 Å². The monoisotopic (exact) mass is 355 g/mol. The molecule has 1 aliphatic rings. The number of carbonyl (C=O) groups is 1. The molecule has 6 nitrogen and oxygen atoms in total. The highest BCUT2D eigenvalue weighted by Gasteiger charge is 2.33. The Kier molecular flexibility index (Phi) is 5.71. The summed E-state index contributed by atoms with van der Waals surface area (Å²) < 4.78 is 1.96. The molecule has 0 spiro atoms. The molecule has 26 heavy (non-hydrogen) atoms. The standard InChI is InChI=1S/C20H29N5O/c1-15-7-8-16(13-21-15)12-19(26)24(3)14-17-6-5-11-23(2)20(17)18-9-10-22-25(18)4/h7-10,13,17,20H,5-6,11-12,14H2,1-4H3/t17-,20+/m0/s1. The summed E-state index contributed by atoms with van der Waals surface area (Å²) in [6.45, 7) is 3.80. The number of hydrogen-bond donors (Lipinski definition) is 0. The van der Waals surface area contributed by atoms with Gasteiger partial charge in [-0.25, -0.2) is 0 Å². The summed E-state index contributed by atoms with van der Waals surface area (Å²) in [6.07, 6.45) is 6.36. The van der Waals surface area contributed by atoms with Gasteiger partial charge < -0.3 is 4.90 Å². The van der Waals surface area contributed by atoms with Crippen LogP contribution in [-0.2, 0) is 18.3 Å². The van der Waals surface area contributed by atoms with Crippen LogP contribution in [0.1, 0.15) is 35.8 Å². The normalized spacial score (nSPS) is 20.9. The Labute approximate surface area is 155 Å². The topological polar surface area (TPSA) is 54.3 Å². The maximum absolute atomic E-state index is 12.7. The lowest BCUT2D eigenvalue weighted by Crippen LogP contribution is -2.43. The van der Waals surface area contributed by atoms with E-state index in [4.69, 9.17) is 0 Å². The third-order valence-corrected chi connectivity index (χ3v) is 5.43. The molecule has 2 atom stereocenters. The van der Waals surface area contributed by atoms with Crippen LogP contribution >= 0.6 is 0 Å². The van der Waals surface area contributed by atoms with Gasteiger partial charge in [0.2, 0.25) is 5.91 Å². The van der Waals surface area contributed by atoms with Gasteiger partial charge in [0, 0.05) is 38.7 Å². The third kappa shape index (κ3) is 4.12. The van der Waals surface area contributed by atoms with E-state index in [1.807, 2.05) is 48.9 Å². The van der Waals surface area contributed by atoms with E-state index in [1.54, 1.807) is 6.20 Å². The lowest BCUT2D eigenvalue weighted by atomic mass is 9.87. The van der Waals surface area contributed by atoms with Crippen molar-refractivity contribution in [3.8, 4) is 0 Å². The number of piperidine rings is 1. The van der Waals surface area contributed by atoms with Crippen molar-refractivity contribution in [1.82, 2.24) is 24.6 Å². The Morgan fingerprint density at radius 1 is 1.31 bits per heavy atom. The molecule has 0 N–H and O–H groups in total. The van der Waals surface area contributed by atoms with E-state index >= 15 is 0 Å². The molecule has 0 radical (unpaired) electrons. The van der Waals surface area contributed by atoms with E-state index in [2.05, 4.69) is 28.1 Å². The number of carbonyl (C=O) groups excluding carboxylic acids is 1. The van der Waals surface area contributed by atoms with E-state index in [0.717, 1.165) is 30.8 Å². The molecule has 6 heteroatoms. The van der Waals surface area contributed by atoms with Crippen LogP contribution in [0.25, 0.3) is 0 Å². The molecule has 0 aromatic carbocycles. The number of nitrogens with zero attached hydrogens (tertiary/aromatic N) is 5. The van der Waals surface area contributed by atoms with Gasteiger partial charge in [0.1, 0.15) is 0 Å². The molecule has 2 aromatic rings. The van der Waals surface area contributed by atoms with Gasteiger partial charge in [-0.3, -0.25) is 19.4 Å². The maximum Gasteiger partial charge on any atom is 0.226 e. The van der Waals surface area contributed by atoms with Crippen LogP contribution in [0.2, 0.25) is 0 Å². The second-order valence-corrected chi connectivity index (χ2v) is 7.47. The summed E-state index contributed by atoms with van der Waals surface area (Å²) in [5.74, 6) is 0.557. The van der Waals surface area contributed by atoms with Gasteiger partial charge in [-0.05, 0) is 57.0 Å². The van der Waals surface area contributed by atoms with Gasteiger partial charge >= 0.3 is 0 Å². The van der Waals surface area contributed by atoms with Crippen LogP contribution in [0, 0.1) is 12.8 Å². The molecule has 0 unspecified atom stereocenters. The van der Waals surface area contributed by atoms with Crippen molar-refractivity contribution in [2.24, 2.45) is 13.0 Å². The number of pyridine rings is 1. The van der Waals surface area contributed by atoms with Crippen molar-refractivity contribution in [2.45, 2.75) is 32.2 Å². The molecule has 1 saturated heterocycles. The lowest BCUT2D eigenvalue weighted by molar-refractivity contribution is -0.130. The molecule has 1 fully saturated rings. The quantitative estimate of drug-likeness (QED) is 0.825. The predicted octanol–water partition coefficient (Wildman–Crippen LogP) is 2.21. The molecular formula is C20H29N5O. The van der Waals surface area contributed by atoms with Gasteiger partial charge in [0.15, 0.2) is 0 Å². The Bertz CT molecular complexity index is 739. The number of likely N-dealkylation sites (tertiary alicyclic amines) is 1.